The number of aromatic nitrogens is 2. The molecular weight excluding hydrogens is 376 g/mol. The molecule has 9 nitrogen and oxygen atoms in total. The number of carbonyl (C=O) groups excluding carboxylic acids is 3. The number of ether oxygens (including phenoxy) is 2. The summed E-state index contributed by atoms with van der Waals surface area (Å²) < 4.78 is 11.7. The summed E-state index contributed by atoms with van der Waals surface area (Å²) in [5, 5.41) is 6.74. The normalized spacial score (nSPS) is 16.4. The van der Waals surface area contributed by atoms with Gasteiger partial charge < -0.3 is 14.8 Å². The van der Waals surface area contributed by atoms with Crippen LogP contribution in [-0.4, -0.2) is 45.8 Å². The molecule has 0 radical (unpaired) electrons. The zero-order valence-corrected chi connectivity index (χ0v) is 16.6. The standard InChI is InChI=1S/C20H24N4O5/c1-20(2,3)18(26)29-13-23-10-15(9-21-23)22-17(25)11-24-16(12-28-19(24)27)14-7-5-4-6-8-14/h4-10,16H,11-13H2,1-3H3,(H,22,25). The van der Waals surface area contributed by atoms with E-state index in [2.05, 4.69) is 10.4 Å². The molecule has 1 fully saturated rings. The van der Waals surface area contributed by atoms with Crippen LogP contribution in [0.25, 0.3) is 0 Å². The second-order valence-electron chi connectivity index (χ2n) is 7.76. The van der Waals surface area contributed by atoms with Crippen molar-refractivity contribution >= 4 is 23.7 Å². The van der Waals surface area contributed by atoms with Gasteiger partial charge in [0.2, 0.25) is 5.91 Å². The van der Waals surface area contributed by atoms with Gasteiger partial charge in [-0.05, 0) is 26.3 Å². The fourth-order valence-corrected chi connectivity index (χ4v) is 2.77. The van der Waals surface area contributed by atoms with Crippen molar-refractivity contribution in [1.82, 2.24) is 14.7 Å². The lowest BCUT2D eigenvalue weighted by atomic mass is 9.98. The van der Waals surface area contributed by atoms with E-state index < -0.39 is 11.5 Å². The van der Waals surface area contributed by atoms with Crippen molar-refractivity contribution in [2.24, 2.45) is 5.41 Å². The molecule has 0 spiro atoms. The lowest BCUT2D eigenvalue weighted by Crippen LogP contribution is -2.35. The van der Waals surface area contributed by atoms with Gasteiger partial charge in [-0.1, -0.05) is 30.3 Å². The van der Waals surface area contributed by atoms with Crippen molar-refractivity contribution in [3.05, 3.63) is 48.3 Å². The van der Waals surface area contributed by atoms with Crippen molar-refractivity contribution in [2.45, 2.75) is 33.5 Å². The van der Waals surface area contributed by atoms with E-state index in [1.54, 1.807) is 27.0 Å². The molecule has 154 valence electrons. The highest BCUT2D eigenvalue weighted by Crippen LogP contribution is 2.27. The zero-order chi connectivity index (χ0) is 21.0. The summed E-state index contributed by atoms with van der Waals surface area (Å²) in [6.07, 6.45) is 2.46. The van der Waals surface area contributed by atoms with Gasteiger partial charge in [0, 0.05) is 0 Å². The summed E-state index contributed by atoms with van der Waals surface area (Å²) in [5.41, 5.74) is 0.731. The summed E-state index contributed by atoms with van der Waals surface area (Å²) in [4.78, 5) is 37.7. The van der Waals surface area contributed by atoms with Crippen LogP contribution in [0.1, 0.15) is 32.4 Å². The monoisotopic (exact) mass is 400 g/mol. The molecule has 1 saturated heterocycles. The van der Waals surface area contributed by atoms with Crippen LogP contribution in [0.3, 0.4) is 0 Å². The maximum absolute atomic E-state index is 12.4. The topological polar surface area (TPSA) is 103 Å². The predicted octanol–water partition coefficient (Wildman–Crippen LogP) is 2.56. The molecule has 1 N–H and O–H groups in total. The molecule has 1 aliphatic rings. The number of esters is 1. The van der Waals surface area contributed by atoms with Crippen LogP contribution in [0.4, 0.5) is 10.5 Å². The third-order valence-electron chi connectivity index (χ3n) is 4.33. The Bertz CT molecular complexity index is 888. The van der Waals surface area contributed by atoms with E-state index in [0.717, 1.165) is 5.56 Å². The van der Waals surface area contributed by atoms with Gasteiger partial charge in [-0.2, -0.15) is 5.10 Å². The number of hydrogen-bond donors (Lipinski definition) is 1. The number of carbonyl (C=O) groups is 3. The maximum atomic E-state index is 12.4. The van der Waals surface area contributed by atoms with Gasteiger partial charge in [-0.15, -0.1) is 0 Å². The first-order chi connectivity index (χ1) is 13.7. The molecule has 1 atom stereocenters. The number of nitrogens with one attached hydrogen (secondary N) is 1. The minimum Gasteiger partial charge on any atom is -0.447 e. The first-order valence-electron chi connectivity index (χ1n) is 9.22. The lowest BCUT2D eigenvalue weighted by molar-refractivity contribution is -0.157. The zero-order valence-electron chi connectivity index (χ0n) is 16.6. The van der Waals surface area contributed by atoms with Crippen molar-refractivity contribution in [3.63, 3.8) is 0 Å². The Hall–Kier alpha value is -3.36. The second kappa shape index (κ2) is 8.34. The van der Waals surface area contributed by atoms with Gasteiger partial charge >= 0.3 is 12.1 Å². The van der Waals surface area contributed by atoms with E-state index >= 15 is 0 Å². The largest absolute Gasteiger partial charge is 0.447 e. The highest BCUT2D eigenvalue weighted by Gasteiger charge is 2.35. The third-order valence-corrected chi connectivity index (χ3v) is 4.33. The van der Waals surface area contributed by atoms with Crippen molar-refractivity contribution < 1.29 is 23.9 Å². The van der Waals surface area contributed by atoms with Crippen LogP contribution in [0.5, 0.6) is 0 Å². The van der Waals surface area contributed by atoms with Crippen molar-refractivity contribution in [1.29, 1.82) is 0 Å². The molecule has 2 aromatic rings. The molecule has 1 aliphatic heterocycles. The minimum atomic E-state index is -0.607. The van der Waals surface area contributed by atoms with E-state index in [1.165, 1.54) is 15.8 Å². The highest BCUT2D eigenvalue weighted by atomic mass is 16.6. The number of hydrogen-bond acceptors (Lipinski definition) is 6. The first kappa shape index (κ1) is 20.4. The molecule has 1 aromatic carbocycles. The molecule has 3 rings (SSSR count). The lowest BCUT2D eigenvalue weighted by Gasteiger charge is -2.20. The van der Waals surface area contributed by atoms with E-state index in [1.807, 2.05) is 30.3 Å². The number of nitrogens with zero attached hydrogens (tertiary/aromatic N) is 3. The Morgan fingerprint density at radius 2 is 2.00 bits per heavy atom. The average molecular weight is 400 g/mol. The third kappa shape index (κ3) is 5.13. The quantitative estimate of drug-likeness (QED) is 0.748. The number of anilines is 1. The van der Waals surface area contributed by atoms with Crippen molar-refractivity contribution in [3.8, 4) is 0 Å². The summed E-state index contributed by atoms with van der Waals surface area (Å²) in [5.74, 6) is -0.728. The van der Waals surface area contributed by atoms with Gasteiger partial charge in [0.1, 0.15) is 13.2 Å². The summed E-state index contributed by atoms with van der Waals surface area (Å²) in [6, 6.07) is 9.10. The smallest absolute Gasteiger partial charge is 0.410 e. The van der Waals surface area contributed by atoms with E-state index in [-0.39, 0.29) is 37.8 Å². The van der Waals surface area contributed by atoms with Gasteiger partial charge in [0.05, 0.1) is 29.5 Å². The van der Waals surface area contributed by atoms with Crippen LogP contribution in [0.2, 0.25) is 0 Å². The van der Waals surface area contributed by atoms with Crippen molar-refractivity contribution in [2.75, 3.05) is 18.5 Å². The molecule has 0 aliphatic carbocycles. The highest BCUT2D eigenvalue weighted by molar-refractivity contribution is 5.94. The molecule has 9 heteroatoms. The Morgan fingerprint density at radius 1 is 1.28 bits per heavy atom. The summed E-state index contributed by atoms with van der Waals surface area (Å²) in [7, 11) is 0. The molecule has 1 unspecified atom stereocenters. The maximum Gasteiger partial charge on any atom is 0.410 e. The fraction of sp³-hybridized carbons (Fsp3) is 0.400. The molecule has 0 bridgehead atoms. The van der Waals surface area contributed by atoms with Gasteiger partial charge in [0.25, 0.3) is 0 Å². The molecule has 2 amide bonds. The van der Waals surface area contributed by atoms with Crippen LogP contribution in [0, 0.1) is 5.41 Å². The summed E-state index contributed by atoms with van der Waals surface area (Å²) in [6.45, 7) is 5.28. The fourth-order valence-electron chi connectivity index (χ4n) is 2.77. The van der Waals surface area contributed by atoms with Crippen LogP contribution in [-0.2, 0) is 25.8 Å². The summed E-state index contributed by atoms with van der Waals surface area (Å²) >= 11 is 0. The predicted molar refractivity (Wildman–Crippen MR) is 104 cm³/mol. The number of benzene rings is 1. The van der Waals surface area contributed by atoms with Crippen LogP contribution < -0.4 is 5.32 Å². The van der Waals surface area contributed by atoms with E-state index in [9.17, 15) is 14.4 Å². The molecule has 1 aromatic heterocycles. The Morgan fingerprint density at radius 3 is 2.69 bits per heavy atom. The van der Waals surface area contributed by atoms with Gasteiger partial charge in [0.15, 0.2) is 6.73 Å². The second-order valence-corrected chi connectivity index (χ2v) is 7.76. The number of cyclic esters (lactones) is 1. The van der Waals surface area contributed by atoms with Crippen LogP contribution in [0.15, 0.2) is 42.7 Å². The average Bonchev–Trinajstić information content (AvgIpc) is 3.26. The number of amides is 2. The van der Waals surface area contributed by atoms with Gasteiger partial charge in [-0.3, -0.25) is 14.5 Å². The van der Waals surface area contributed by atoms with E-state index in [4.69, 9.17) is 9.47 Å². The SMILES string of the molecule is CC(C)(C)C(=O)OCn1cc(NC(=O)CN2C(=O)OCC2c2ccccc2)cn1. The molecule has 2 heterocycles. The molecule has 29 heavy (non-hydrogen) atoms. The Kier molecular flexibility index (Phi) is 5.86. The van der Waals surface area contributed by atoms with Crippen LogP contribution >= 0.6 is 0 Å². The Balaban J connectivity index is 1.56. The molecule has 0 saturated carbocycles. The minimum absolute atomic E-state index is 0.0551. The van der Waals surface area contributed by atoms with E-state index in [0.29, 0.717) is 5.69 Å². The Labute approximate surface area is 168 Å². The van der Waals surface area contributed by atoms with Gasteiger partial charge in [-0.25, -0.2) is 9.48 Å². The first-order valence-corrected chi connectivity index (χ1v) is 9.22. The number of rotatable bonds is 6. The molecular formula is C20H24N4O5.